The molecule has 2 rings (SSSR count). The van der Waals surface area contributed by atoms with E-state index < -0.39 is 0 Å². The van der Waals surface area contributed by atoms with Gasteiger partial charge in [-0.05, 0) is 43.7 Å². The van der Waals surface area contributed by atoms with E-state index in [-0.39, 0.29) is 5.54 Å². The second-order valence-corrected chi connectivity index (χ2v) is 7.73. The standard InChI is InChI=1S/C17H34N4/c1-6-20(7-2)10-11-21-15(18)19-13-17(21)9-8-16(4,5)12-14(17)3/h14H,6-13H2,1-5H3,(H2,18,19). The van der Waals surface area contributed by atoms with Crippen LogP contribution in [0.2, 0.25) is 0 Å². The van der Waals surface area contributed by atoms with Crippen molar-refractivity contribution in [1.82, 2.24) is 9.80 Å². The number of nitrogens with zero attached hydrogens (tertiary/aromatic N) is 3. The van der Waals surface area contributed by atoms with E-state index in [2.05, 4.69) is 49.4 Å². The highest BCUT2D eigenvalue weighted by atomic mass is 15.4. The maximum Gasteiger partial charge on any atom is 0.191 e. The highest BCUT2D eigenvalue weighted by molar-refractivity contribution is 5.81. The quantitative estimate of drug-likeness (QED) is 0.847. The van der Waals surface area contributed by atoms with Gasteiger partial charge in [0.2, 0.25) is 0 Å². The largest absolute Gasteiger partial charge is 0.370 e. The number of aliphatic imine (C=N–C) groups is 1. The molecule has 1 fully saturated rings. The summed E-state index contributed by atoms with van der Waals surface area (Å²) >= 11 is 0. The molecule has 1 saturated carbocycles. The summed E-state index contributed by atoms with van der Waals surface area (Å²) in [6, 6.07) is 0. The third kappa shape index (κ3) is 3.20. The molecule has 4 nitrogen and oxygen atoms in total. The number of hydrogen-bond acceptors (Lipinski definition) is 4. The Kier molecular flexibility index (Phi) is 4.86. The Balaban J connectivity index is 2.08. The molecule has 2 N–H and O–H groups in total. The van der Waals surface area contributed by atoms with Crippen LogP contribution in [0.3, 0.4) is 0 Å². The molecule has 2 atom stereocenters. The summed E-state index contributed by atoms with van der Waals surface area (Å²) in [6.45, 7) is 16.9. The lowest BCUT2D eigenvalue weighted by atomic mass is 9.63. The van der Waals surface area contributed by atoms with Gasteiger partial charge in [-0.1, -0.05) is 34.6 Å². The normalized spacial score (nSPS) is 32.0. The molecule has 2 unspecified atom stereocenters. The lowest BCUT2D eigenvalue weighted by molar-refractivity contribution is 0.0246. The third-order valence-corrected chi connectivity index (χ3v) is 5.87. The summed E-state index contributed by atoms with van der Waals surface area (Å²) in [4.78, 5) is 9.53. The second kappa shape index (κ2) is 6.15. The molecule has 0 saturated heterocycles. The van der Waals surface area contributed by atoms with E-state index in [0.717, 1.165) is 38.7 Å². The minimum atomic E-state index is 0.187. The average Bonchev–Trinajstić information content (AvgIpc) is 2.74. The van der Waals surface area contributed by atoms with Crippen LogP contribution in [0.4, 0.5) is 0 Å². The van der Waals surface area contributed by atoms with Crippen LogP contribution in [0.1, 0.15) is 53.9 Å². The van der Waals surface area contributed by atoms with Gasteiger partial charge in [-0.15, -0.1) is 0 Å². The fourth-order valence-electron chi connectivity index (χ4n) is 4.29. The van der Waals surface area contributed by atoms with Gasteiger partial charge in [-0.3, -0.25) is 4.99 Å². The first-order valence-electron chi connectivity index (χ1n) is 8.64. The van der Waals surface area contributed by atoms with Crippen LogP contribution < -0.4 is 5.73 Å². The Morgan fingerprint density at radius 1 is 1.29 bits per heavy atom. The zero-order valence-corrected chi connectivity index (χ0v) is 14.7. The summed E-state index contributed by atoms with van der Waals surface area (Å²) < 4.78 is 0. The molecular weight excluding hydrogens is 260 g/mol. The molecule has 1 heterocycles. The Labute approximate surface area is 130 Å². The summed E-state index contributed by atoms with van der Waals surface area (Å²) in [5.41, 5.74) is 6.89. The van der Waals surface area contributed by atoms with Crippen molar-refractivity contribution in [2.45, 2.75) is 59.4 Å². The summed E-state index contributed by atoms with van der Waals surface area (Å²) in [5.74, 6) is 1.43. The minimum absolute atomic E-state index is 0.187. The topological polar surface area (TPSA) is 44.9 Å². The predicted octanol–water partition coefficient (Wildman–Crippen LogP) is 2.54. The van der Waals surface area contributed by atoms with E-state index in [1.165, 1.54) is 19.3 Å². The molecule has 0 aromatic rings. The number of rotatable bonds is 5. The van der Waals surface area contributed by atoms with Crippen LogP contribution in [-0.4, -0.2) is 54.0 Å². The average molecular weight is 294 g/mol. The first kappa shape index (κ1) is 16.6. The maximum absolute atomic E-state index is 6.24. The van der Waals surface area contributed by atoms with Gasteiger partial charge in [0, 0.05) is 13.1 Å². The van der Waals surface area contributed by atoms with Gasteiger partial charge in [0.25, 0.3) is 0 Å². The Morgan fingerprint density at radius 2 is 1.95 bits per heavy atom. The lowest BCUT2D eigenvalue weighted by Gasteiger charge is -2.51. The summed E-state index contributed by atoms with van der Waals surface area (Å²) in [5, 5.41) is 0. The number of hydrogen-bond donors (Lipinski definition) is 1. The van der Waals surface area contributed by atoms with Gasteiger partial charge in [0.1, 0.15) is 0 Å². The first-order valence-corrected chi connectivity index (χ1v) is 8.64. The Hall–Kier alpha value is -0.770. The van der Waals surface area contributed by atoms with Gasteiger partial charge in [0.15, 0.2) is 5.96 Å². The van der Waals surface area contributed by atoms with E-state index in [0.29, 0.717) is 11.3 Å². The van der Waals surface area contributed by atoms with Crippen LogP contribution >= 0.6 is 0 Å². The molecule has 0 bridgehead atoms. The molecule has 0 aromatic heterocycles. The predicted molar refractivity (Wildman–Crippen MR) is 90.5 cm³/mol. The maximum atomic E-state index is 6.24. The van der Waals surface area contributed by atoms with Gasteiger partial charge in [0.05, 0.1) is 12.1 Å². The smallest absolute Gasteiger partial charge is 0.191 e. The van der Waals surface area contributed by atoms with E-state index in [9.17, 15) is 0 Å². The molecule has 1 aliphatic carbocycles. The van der Waals surface area contributed by atoms with Crippen molar-refractivity contribution in [3.8, 4) is 0 Å². The van der Waals surface area contributed by atoms with Crippen molar-refractivity contribution < 1.29 is 0 Å². The van der Waals surface area contributed by atoms with Crippen molar-refractivity contribution in [2.75, 3.05) is 32.7 Å². The SMILES string of the molecule is CCN(CC)CCN1C(N)=NCC12CCC(C)(C)CC2C. The molecule has 0 aromatic carbocycles. The van der Waals surface area contributed by atoms with Crippen molar-refractivity contribution >= 4 is 5.96 Å². The van der Waals surface area contributed by atoms with Gasteiger partial charge >= 0.3 is 0 Å². The fourth-order valence-corrected chi connectivity index (χ4v) is 4.29. The number of likely N-dealkylation sites (N-methyl/N-ethyl adjacent to an activating group) is 1. The molecule has 0 radical (unpaired) electrons. The van der Waals surface area contributed by atoms with Crippen molar-refractivity contribution in [1.29, 1.82) is 0 Å². The van der Waals surface area contributed by atoms with Crippen molar-refractivity contribution in [2.24, 2.45) is 22.1 Å². The number of nitrogens with two attached hydrogens (primary N) is 1. The minimum Gasteiger partial charge on any atom is -0.370 e. The van der Waals surface area contributed by atoms with Gasteiger partial charge in [-0.2, -0.15) is 0 Å². The molecule has 122 valence electrons. The number of guanidine groups is 1. The van der Waals surface area contributed by atoms with E-state index in [1.54, 1.807) is 0 Å². The second-order valence-electron chi connectivity index (χ2n) is 7.73. The molecule has 21 heavy (non-hydrogen) atoms. The molecule has 0 amide bonds. The molecule has 1 aliphatic heterocycles. The van der Waals surface area contributed by atoms with Crippen molar-refractivity contribution in [3.05, 3.63) is 0 Å². The summed E-state index contributed by atoms with van der Waals surface area (Å²) in [7, 11) is 0. The van der Waals surface area contributed by atoms with Crippen LogP contribution in [0.15, 0.2) is 4.99 Å². The highest BCUT2D eigenvalue weighted by Crippen LogP contribution is 2.48. The van der Waals surface area contributed by atoms with Crippen LogP contribution in [-0.2, 0) is 0 Å². The molecule has 2 aliphatic rings. The van der Waals surface area contributed by atoms with Crippen molar-refractivity contribution in [3.63, 3.8) is 0 Å². The van der Waals surface area contributed by atoms with Crippen LogP contribution in [0, 0.1) is 11.3 Å². The van der Waals surface area contributed by atoms with Gasteiger partial charge < -0.3 is 15.5 Å². The van der Waals surface area contributed by atoms with E-state index >= 15 is 0 Å². The molecular formula is C17H34N4. The summed E-state index contributed by atoms with van der Waals surface area (Å²) in [6.07, 6.45) is 3.78. The first-order chi connectivity index (χ1) is 9.84. The third-order valence-electron chi connectivity index (χ3n) is 5.87. The molecule has 4 heteroatoms. The zero-order valence-electron chi connectivity index (χ0n) is 14.7. The monoisotopic (exact) mass is 294 g/mol. The van der Waals surface area contributed by atoms with E-state index in [1.807, 2.05) is 0 Å². The van der Waals surface area contributed by atoms with Crippen LogP contribution in [0.5, 0.6) is 0 Å². The molecule has 1 spiro atoms. The van der Waals surface area contributed by atoms with E-state index in [4.69, 9.17) is 5.73 Å². The fraction of sp³-hybridized carbons (Fsp3) is 0.941. The van der Waals surface area contributed by atoms with Gasteiger partial charge in [-0.25, -0.2) is 0 Å². The highest BCUT2D eigenvalue weighted by Gasteiger charge is 2.50. The zero-order chi connectivity index (χ0) is 15.7. The Bertz CT molecular complexity index is 386. The lowest BCUT2D eigenvalue weighted by Crippen LogP contribution is -2.59. The Morgan fingerprint density at radius 3 is 2.52 bits per heavy atom. The van der Waals surface area contributed by atoms with Crippen LogP contribution in [0.25, 0.3) is 0 Å².